The van der Waals surface area contributed by atoms with Gasteiger partial charge in [0.05, 0.1) is 6.10 Å². The number of hydrogen-bond donors (Lipinski definition) is 2. The van der Waals surface area contributed by atoms with E-state index in [2.05, 4.69) is 85.3 Å². The molecule has 1 heterocycles. The minimum absolute atomic E-state index is 0. The molecule has 0 bridgehead atoms. The molecule has 0 radical (unpaired) electrons. The van der Waals surface area contributed by atoms with Crippen molar-refractivity contribution >= 4 is 29.9 Å². The van der Waals surface area contributed by atoms with Crippen molar-refractivity contribution in [2.24, 2.45) is 16.8 Å². The number of ether oxygens (including phenoxy) is 1. The molecule has 1 fully saturated rings. The zero-order valence-electron chi connectivity index (χ0n) is 21.3. The Morgan fingerprint density at radius 1 is 1.09 bits per heavy atom. The van der Waals surface area contributed by atoms with Crippen LogP contribution in [0.3, 0.4) is 0 Å². The third-order valence-electron chi connectivity index (χ3n) is 5.81. The highest BCUT2D eigenvalue weighted by Gasteiger charge is 2.16. The van der Waals surface area contributed by atoms with Crippen LogP contribution >= 0.6 is 24.0 Å². The number of likely N-dealkylation sites (N-methyl/N-ethyl adjacent to an activating group) is 1. The topological polar surface area (TPSA) is 52.1 Å². The van der Waals surface area contributed by atoms with E-state index in [-0.39, 0.29) is 30.1 Å². The molecule has 7 heteroatoms. The molecule has 2 atom stereocenters. The fraction of sp³-hybridized carbons (Fsp3) is 0.720. The maximum Gasteiger partial charge on any atom is 0.191 e. The van der Waals surface area contributed by atoms with Crippen molar-refractivity contribution < 1.29 is 4.74 Å². The van der Waals surface area contributed by atoms with Gasteiger partial charge in [-0.1, -0.05) is 32.9 Å². The van der Waals surface area contributed by atoms with E-state index < -0.39 is 0 Å². The highest BCUT2D eigenvalue weighted by atomic mass is 127. The van der Waals surface area contributed by atoms with E-state index in [1.165, 1.54) is 31.7 Å². The molecular formula is C25H46IN5O. The number of nitrogens with zero attached hydrogens (tertiary/aromatic N) is 3. The van der Waals surface area contributed by atoms with Crippen LogP contribution in [-0.4, -0.2) is 75.2 Å². The van der Waals surface area contributed by atoms with Gasteiger partial charge in [-0.3, -0.25) is 4.99 Å². The summed E-state index contributed by atoms with van der Waals surface area (Å²) in [7, 11) is 4.03. The average Bonchev–Trinajstić information content (AvgIpc) is 2.70. The third kappa shape index (κ3) is 10.7. The first-order valence-corrected chi connectivity index (χ1v) is 11.9. The summed E-state index contributed by atoms with van der Waals surface area (Å²) >= 11 is 0. The Morgan fingerprint density at radius 2 is 1.78 bits per heavy atom. The molecular weight excluding hydrogens is 513 g/mol. The lowest BCUT2D eigenvalue weighted by Gasteiger charge is -2.34. The number of rotatable bonds is 10. The number of halogens is 1. The first kappa shape index (κ1) is 29.0. The fourth-order valence-electron chi connectivity index (χ4n) is 4.05. The lowest BCUT2D eigenvalue weighted by atomic mass is 10.1. The summed E-state index contributed by atoms with van der Waals surface area (Å²) in [5.74, 6) is 3.00. The van der Waals surface area contributed by atoms with E-state index in [4.69, 9.17) is 4.74 Å². The van der Waals surface area contributed by atoms with E-state index in [0.717, 1.165) is 36.8 Å². The summed E-state index contributed by atoms with van der Waals surface area (Å²) in [5.41, 5.74) is 2.38. The van der Waals surface area contributed by atoms with Gasteiger partial charge in [-0.2, -0.15) is 0 Å². The Kier molecular flexibility index (Phi) is 13.5. The van der Waals surface area contributed by atoms with E-state index in [1.807, 2.05) is 7.05 Å². The molecule has 0 aromatic heterocycles. The molecule has 1 saturated heterocycles. The maximum atomic E-state index is 6.28. The van der Waals surface area contributed by atoms with Gasteiger partial charge in [0.1, 0.15) is 5.75 Å². The molecule has 2 N–H and O–H groups in total. The largest absolute Gasteiger partial charge is 0.490 e. The molecule has 0 saturated carbocycles. The summed E-state index contributed by atoms with van der Waals surface area (Å²) in [6.45, 7) is 18.4. The number of aliphatic imine (C=N–C) groups is 1. The average molecular weight is 560 g/mol. The predicted octanol–water partition coefficient (Wildman–Crippen LogP) is 3.97. The number of benzene rings is 1. The van der Waals surface area contributed by atoms with Crippen molar-refractivity contribution in [3.63, 3.8) is 0 Å². The second-order valence-corrected chi connectivity index (χ2v) is 9.68. The lowest BCUT2D eigenvalue weighted by Crippen LogP contribution is -2.47. The minimum atomic E-state index is 0. The number of hydrogen-bond acceptors (Lipinski definition) is 4. The highest BCUT2D eigenvalue weighted by molar-refractivity contribution is 14.0. The van der Waals surface area contributed by atoms with Gasteiger partial charge in [0.2, 0.25) is 0 Å². The quantitative estimate of drug-likeness (QED) is 0.258. The third-order valence-corrected chi connectivity index (χ3v) is 5.81. The van der Waals surface area contributed by atoms with Gasteiger partial charge in [0.15, 0.2) is 5.96 Å². The molecule has 184 valence electrons. The number of aryl methyl sites for hydroxylation is 1. The van der Waals surface area contributed by atoms with Gasteiger partial charge in [0.25, 0.3) is 0 Å². The van der Waals surface area contributed by atoms with Crippen LogP contribution in [0, 0.1) is 18.8 Å². The van der Waals surface area contributed by atoms with Crippen molar-refractivity contribution in [1.29, 1.82) is 0 Å². The summed E-state index contributed by atoms with van der Waals surface area (Å²) in [4.78, 5) is 9.38. The Labute approximate surface area is 213 Å². The maximum absolute atomic E-state index is 6.28. The number of piperazine rings is 1. The zero-order chi connectivity index (χ0) is 22.8. The van der Waals surface area contributed by atoms with Crippen LogP contribution in [0.4, 0.5) is 0 Å². The van der Waals surface area contributed by atoms with E-state index >= 15 is 0 Å². The Balaban J connectivity index is 0.00000512. The van der Waals surface area contributed by atoms with Gasteiger partial charge in [-0.25, -0.2) is 0 Å². The van der Waals surface area contributed by atoms with Crippen LogP contribution in [0.15, 0.2) is 23.2 Å². The molecule has 32 heavy (non-hydrogen) atoms. The molecule has 2 unspecified atom stereocenters. The molecule has 1 aliphatic heterocycles. The fourth-order valence-corrected chi connectivity index (χ4v) is 4.05. The normalized spacial score (nSPS) is 17.6. The Morgan fingerprint density at radius 3 is 2.41 bits per heavy atom. The van der Waals surface area contributed by atoms with E-state index in [9.17, 15) is 0 Å². The summed E-state index contributed by atoms with van der Waals surface area (Å²) in [5, 5.41) is 6.96. The van der Waals surface area contributed by atoms with Crippen LogP contribution in [0.1, 0.15) is 45.2 Å². The van der Waals surface area contributed by atoms with Crippen LogP contribution in [-0.2, 0) is 6.54 Å². The van der Waals surface area contributed by atoms with Gasteiger partial charge >= 0.3 is 0 Å². The number of nitrogens with one attached hydrogen (secondary N) is 2. The summed E-state index contributed by atoms with van der Waals surface area (Å²) in [6, 6.07) is 6.44. The molecule has 6 nitrogen and oxygen atoms in total. The standard InChI is InChI=1S/C25H45N5O.HI/c1-19(2)14-22(5)31-24-15-20(3)8-9-23(24)17-28-25(26-6)27-16-21(4)18-30-12-10-29(7)11-13-30;/h8-9,15,19,21-22H,10-14,16-18H2,1-7H3,(H2,26,27,28);1H. The highest BCUT2D eigenvalue weighted by Crippen LogP contribution is 2.23. The second kappa shape index (κ2) is 15.0. The Hall–Kier alpha value is -1.06. The molecule has 0 spiro atoms. The molecule has 1 aromatic rings. The van der Waals surface area contributed by atoms with Crippen molar-refractivity contribution in [1.82, 2.24) is 20.4 Å². The first-order valence-electron chi connectivity index (χ1n) is 11.9. The predicted molar refractivity (Wildman–Crippen MR) is 147 cm³/mol. The number of guanidine groups is 1. The summed E-state index contributed by atoms with van der Waals surface area (Å²) in [6.07, 6.45) is 1.25. The van der Waals surface area contributed by atoms with Crippen LogP contribution in [0.25, 0.3) is 0 Å². The van der Waals surface area contributed by atoms with Gasteiger partial charge < -0.3 is 25.2 Å². The Bertz CT molecular complexity index is 689. The van der Waals surface area contributed by atoms with Gasteiger partial charge in [-0.05, 0) is 50.8 Å². The molecule has 0 aliphatic carbocycles. The molecule has 2 rings (SSSR count). The molecule has 1 aromatic carbocycles. The van der Waals surface area contributed by atoms with Crippen LogP contribution in [0.5, 0.6) is 5.75 Å². The van der Waals surface area contributed by atoms with Gasteiger partial charge in [-0.15, -0.1) is 24.0 Å². The zero-order valence-corrected chi connectivity index (χ0v) is 23.6. The van der Waals surface area contributed by atoms with Crippen molar-refractivity contribution in [2.75, 3.05) is 53.4 Å². The van der Waals surface area contributed by atoms with Crippen LogP contribution < -0.4 is 15.4 Å². The second-order valence-electron chi connectivity index (χ2n) is 9.68. The lowest BCUT2D eigenvalue weighted by molar-refractivity contribution is 0.139. The smallest absolute Gasteiger partial charge is 0.191 e. The SMILES string of the molecule is CN=C(NCc1ccc(C)cc1OC(C)CC(C)C)NCC(C)CN1CCN(C)CC1.I. The minimum Gasteiger partial charge on any atom is -0.490 e. The van der Waals surface area contributed by atoms with Crippen molar-refractivity contribution in [2.45, 2.75) is 53.7 Å². The summed E-state index contributed by atoms with van der Waals surface area (Å²) < 4.78 is 6.28. The van der Waals surface area contributed by atoms with Crippen LogP contribution in [0.2, 0.25) is 0 Å². The van der Waals surface area contributed by atoms with E-state index in [0.29, 0.717) is 18.4 Å². The van der Waals surface area contributed by atoms with Gasteiger partial charge in [0, 0.05) is 58.4 Å². The van der Waals surface area contributed by atoms with Crippen molar-refractivity contribution in [3.05, 3.63) is 29.3 Å². The first-order chi connectivity index (χ1) is 14.8. The monoisotopic (exact) mass is 559 g/mol. The van der Waals surface area contributed by atoms with Crippen molar-refractivity contribution in [3.8, 4) is 5.75 Å². The molecule has 0 amide bonds. The molecule has 1 aliphatic rings. The van der Waals surface area contributed by atoms with E-state index in [1.54, 1.807) is 0 Å².